The molecule has 0 N–H and O–H groups in total. The lowest BCUT2D eigenvalue weighted by molar-refractivity contribution is 0.383. The standard InChI is InChI=1S/C18H22BrN3O3S/c1-13-10-16(11-14(2)18(13)25-3)26(23,24)22-8-6-21(7-9-22)17-5-4-15(19)12-20-17/h4-5,10-12H,6-9H2,1-3H3. The molecule has 0 spiro atoms. The highest BCUT2D eigenvalue weighted by Crippen LogP contribution is 2.28. The first-order valence-electron chi connectivity index (χ1n) is 8.35. The van der Waals surface area contributed by atoms with E-state index in [0.717, 1.165) is 27.2 Å². The second-order valence-electron chi connectivity index (χ2n) is 6.32. The van der Waals surface area contributed by atoms with Crippen LogP contribution in [0.5, 0.6) is 5.75 Å². The van der Waals surface area contributed by atoms with Gasteiger partial charge in [0.15, 0.2) is 0 Å². The number of hydrogen-bond donors (Lipinski definition) is 0. The Morgan fingerprint density at radius 1 is 1.08 bits per heavy atom. The maximum Gasteiger partial charge on any atom is 0.243 e. The highest BCUT2D eigenvalue weighted by atomic mass is 79.9. The van der Waals surface area contributed by atoms with Gasteiger partial charge in [0.25, 0.3) is 0 Å². The van der Waals surface area contributed by atoms with Crippen LogP contribution < -0.4 is 9.64 Å². The van der Waals surface area contributed by atoms with Crippen LogP contribution in [-0.4, -0.2) is 51.0 Å². The summed E-state index contributed by atoms with van der Waals surface area (Å²) >= 11 is 3.38. The van der Waals surface area contributed by atoms with Gasteiger partial charge in [0.2, 0.25) is 10.0 Å². The molecule has 0 saturated carbocycles. The van der Waals surface area contributed by atoms with Gasteiger partial charge in [-0.25, -0.2) is 13.4 Å². The van der Waals surface area contributed by atoms with Crippen LogP contribution >= 0.6 is 15.9 Å². The SMILES string of the molecule is COc1c(C)cc(S(=O)(=O)N2CCN(c3ccc(Br)cn3)CC2)cc1C. The summed E-state index contributed by atoms with van der Waals surface area (Å²) in [5, 5.41) is 0. The number of halogens is 1. The van der Waals surface area contributed by atoms with Gasteiger partial charge in [-0.1, -0.05) is 0 Å². The topological polar surface area (TPSA) is 62.7 Å². The maximum absolute atomic E-state index is 13.0. The third kappa shape index (κ3) is 3.72. The summed E-state index contributed by atoms with van der Waals surface area (Å²) in [6.07, 6.45) is 1.75. The number of anilines is 1. The van der Waals surface area contributed by atoms with E-state index in [9.17, 15) is 8.42 Å². The second-order valence-corrected chi connectivity index (χ2v) is 9.17. The molecule has 1 aromatic heterocycles. The van der Waals surface area contributed by atoms with E-state index in [4.69, 9.17) is 4.74 Å². The number of aromatic nitrogens is 1. The van der Waals surface area contributed by atoms with Crippen molar-refractivity contribution in [1.82, 2.24) is 9.29 Å². The highest BCUT2D eigenvalue weighted by molar-refractivity contribution is 9.10. The lowest BCUT2D eigenvalue weighted by Crippen LogP contribution is -2.48. The summed E-state index contributed by atoms with van der Waals surface area (Å²) < 4.78 is 33.9. The minimum atomic E-state index is -3.52. The molecule has 6 nitrogen and oxygen atoms in total. The zero-order valence-electron chi connectivity index (χ0n) is 15.1. The van der Waals surface area contributed by atoms with Gasteiger partial charge in [-0.15, -0.1) is 0 Å². The fourth-order valence-electron chi connectivity index (χ4n) is 3.24. The summed E-state index contributed by atoms with van der Waals surface area (Å²) in [5.41, 5.74) is 1.65. The van der Waals surface area contributed by atoms with Crippen molar-refractivity contribution in [2.45, 2.75) is 18.7 Å². The van der Waals surface area contributed by atoms with Crippen molar-refractivity contribution in [2.24, 2.45) is 0 Å². The third-order valence-corrected chi connectivity index (χ3v) is 6.90. The van der Waals surface area contributed by atoms with Crippen LogP contribution in [0, 0.1) is 13.8 Å². The van der Waals surface area contributed by atoms with Crippen LogP contribution in [0.25, 0.3) is 0 Å². The van der Waals surface area contributed by atoms with E-state index < -0.39 is 10.0 Å². The normalized spacial score (nSPS) is 15.9. The quantitative estimate of drug-likeness (QED) is 0.732. The number of pyridine rings is 1. The number of piperazine rings is 1. The van der Waals surface area contributed by atoms with E-state index >= 15 is 0 Å². The monoisotopic (exact) mass is 439 g/mol. The second kappa shape index (κ2) is 7.54. The Hall–Kier alpha value is -1.64. The molecule has 1 fully saturated rings. The Morgan fingerprint density at radius 3 is 2.19 bits per heavy atom. The predicted molar refractivity (Wildman–Crippen MR) is 105 cm³/mol. The Kier molecular flexibility index (Phi) is 5.55. The van der Waals surface area contributed by atoms with E-state index in [1.807, 2.05) is 26.0 Å². The van der Waals surface area contributed by atoms with Crippen LogP contribution in [0.15, 0.2) is 39.8 Å². The molecule has 0 bridgehead atoms. The number of benzene rings is 1. The van der Waals surface area contributed by atoms with Crippen LogP contribution in [0.1, 0.15) is 11.1 Å². The fourth-order valence-corrected chi connectivity index (χ4v) is 5.07. The number of ether oxygens (including phenoxy) is 1. The Balaban J connectivity index is 1.77. The summed E-state index contributed by atoms with van der Waals surface area (Å²) in [6, 6.07) is 7.24. The van der Waals surface area contributed by atoms with Gasteiger partial charge >= 0.3 is 0 Å². The lowest BCUT2D eigenvalue weighted by Gasteiger charge is -2.34. The molecule has 1 aliphatic rings. The molecule has 0 aliphatic carbocycles. The summed E-state index contributed by atoms with van der Waals surface area (Å²) in [5.74, 6) is 1.59. The molecule has 26 heavy (non-hydrogen) atoms. The Bertz CT molecular complexity index is 869. The number of rotatable bonds is 4. The molecule has 3 rings (SSSR count). The first kappa shape index (κ1) is 19.1. The van der Waals surface area contributed by atoms with Gasteiger partial charge in [-0.2, -0.15) is 4.31 Å². The maximum atomic E-state index is 13.0. The van der Waals surface area contributed by atoms with Gasteiger partial charge < -0.3 is 9.64 Å². The van der Waals surface area contributed by atoms with Gasteiger partial charge in [0.1, 0.15) is 11.6 Å². The number of aryl methyl sites for hydroxylation is 2. The van der Waals surface area contributed by atoms with E-state index in [1.165, 1.54) is 0 Å². The summed E-state index contributed by atoms with van der Waals surface area (Å²) in [7, 11) is -1.93. The van der Waals surface area contributed by atoms with Crippen molar-refractivity contribution in [1.29, 1.82) is 0 Å². The van der Waals surface area contributed by atoms with Crippen molar-refractivity contribution < 1.29 is 13.2 Å². The molecule has 0 unspecified atom stereocenters. The van der Waals surface area contributed by atoms with Crippen molar-refractivity contribution in [3.8, 4) is 5.75 Å². The smallest absolute Gasteiger partial charge is 0.243 e. The van der Waals surface area contributed by atoms with E-state index in [0.29, 0.717) is 31.1 Å². The largest absolute Gasteiger partial charge is 0.496 e. The molecule has 0 atom stereocenters. The van der Waals surface area contributed by atoms with Gasteiger partial charge in [-0.3, -0.25) is 0 Å². The molecule has 1 aliphatic heterocycles. The van der Waals surface area contributed by atoms with Crippen molar-refractivity contribution in [3.05, 3.63) is 46.1 Å². The van der Waals surface area contributed by atoms with E-state index in [1.54, 1.807) is 29.7 Å². The Morgan fingerprint density at radius 2 is 1.69 bits per heavy atom. The van der Waals surface area contributed by atoms with Crippen molar-refractivity contribution in [2.75, 3.05) is 38.2 Å². The van der Waals surface area contributed by atoms with Crippen LogP contribution in [0.2, 0.25) is 0 Å². The lowest BCUT2D eigenvalue weighted by atomic mass is 10.1. The first-order chi connectivity index (χ1) is 12.3. The zero-order valence-corrected chi connectivity index (χ0v) is 17.5. The molecule has 0 radical (unpaired) electrons. The molecule has 2 heterocycles. The van der Waals surface area contributed by atoms with Crippen molar-refractivity contribution >= 4 is 31.8 Å². The molecule has 1 aromatic carbocycles. The van der Waals surface area contributed by atoms with Crippen LogP contribution in [0.3, 0.4) is 0 Å². The average Bonchev–Trinajstić information content (AvgIpc) is 2.62. The minimum absolute atomic E-state index is 0.323. The van der Waals surface area contributed by atoms with Crippen molar-refractivity contribution in [3.63, 3.8) is 0 Å². The van der Waals surface area contributed by atoms with Gasteiger partial charge in [-0.05, 0) is 65.2 Å². The van der Waals surface area contributed by atoms with E-state index in [-0.39, 0.29) is 0 Å². The molecule has 140 valence electrons. The summed E-state index contributed by atoms with van der Waals surface area (Å²) in [6.45, 7) is 5.82. The Labute approximate surface area is 163 Å². The number of nitrogens with zero attached hydrogens (tertiary/aromatic N) is 3. The molecule has 1 saturated heterocycles. The predicted octanol–water partition coefficient (Wildman–Crippen LogP) is 2.98. The highest BCUT2D eigenvalue weighted by Gasteiger charge is 2.29. The van der Waals surface area contributed by atoms with Gasteiger partial charge in [0, 0.05) is 36.8 Å². The molecule has 8 heteroatoms. The first-order valence-corrected chi connectivity index (χ1v) is 10.6. The number of sulfonamides is 1. The fraction of sp³-hybridized carbons (Fsp3) is 0.389. The molecular weight excluding hydrogens is 418 g/mol. The van der Waals surface area contributed by atoms with Crippen LogP contribution in [0.4, 0.5) is 5.82 Å². The minimum Gasteiger partial charge on any atom is -0.496 e. The van der Waals surface area contributed by atoms with Gasteiger partial charge in [0.05, 0.1) is 12.0 Å². The molecular formula is C18H22BrN3O3S. The van der Waals surface area contributed by atoms with E-state index in [2.05, 4.69) is 25.8 Å². The zero-order chi connectivity index (χ0) is 18.9. The van der Waals surface area contributed by atoms with Crippen LogP contribution in [-0.2, 0) is 10.0 Å². The molecule has 2 aromatic rings. The number of methoxy groups -OCH3 is 1. The summed E-state index contributed by atoms with van der Waals surface area (Å²) in [4.78, 5) is 6.81. The molecule has 0 amide bonds. The third-order valence-electron chi connectivity index (χ3n) is 4.55. The number of hydrogen-bond acceptors (Lipinski definition) is 5. The average molecular weight is 440 g/mol.